The Morgan fingerprint density at radius 3 is 2.16 bits per heavy atom. The Labute approximate surface area is 184 Å². The summed E-state index contributed by atoms with van der Waals surface area (Å²) in [5, 5.41) is 7.12. The van der Waals surface area contributed by atoms with Gasteiger partial charge in [0, 0.05) is 39.3 Å². The minimum Gasteiger partial charge on any atom is -0.475 e. The number of morpholine rings is 2. The maximum atomic E-state index is 12.9. The van der Waals surface area contributed by atoms with E-state index in [1.165, 1.54) is 23.4 Å². The average Bonchev–Trinajstić information content (AvgIpc) is 3.49. The van der Waals surface area contributed by atoms with Gasteiger partial charge in [-0.15, -0.1) is 0 Å². The molecule has 1 atom stereocenters. The first-order chi connectivity index (χ1) is 14.8. The molecule has 0 aromatic heterocycles. The smallest absolute Gasteiger partial charge is 0.475 e. The van der Waals surface area contributed by atoms with Gasteiger partial charge in [-0.25, -0.2) is 13.2 Å². The molecule has 184 valence electrons. The lowest BCUT2D eigenvalue weighted by molar-refractivity contribution is -0.192. The van der Waals surface area contributed by atoms with E-state index in [9.17, 15) is 26.4 Å². The van der Waals surface area contributed by atoms with Crippen molar-refractivity contribution in [3.63, 3.8) is 0 Å². The Morgan fingerprint density at radius 2 is 1.69 bits per heavy atom. The Hall–Kier alpha value is -1.48. The largest absolute Gasteiger partial charge is 0.490 e. The highest BCUT2D eigenvalue weighted by Crippen LogP contribution is 2.36. The molecule has 3 heterocycles. The van der Waals surface area contributed by atoms with Crippen LogP contribution in [0.3, 0.4) is 0 Å². The summed E-state index contributed by atoms with van der Waals surface area (Å²) >= 11 is 0. The second kappa shape index (κ2) is 9.41. The second-order valence-corrected chi connectivity index (χ2v) is 10.6. The van der Waals surface area contributed by atoms with E-state index in [-0.39, 0.29) is 11.9 Å². The number of carboxylic acid groups (broad SMARTS) is 1. The van der Waals surface area contributed by atoms with Gasteiger partial charge in [-0.3, -0.25) is 9.69 Å². The molecule has 1 unspecified atom stereocenters. The zero-order chi connectivity index (χ0) is 23.7. The molecule has 3 saturated heterocycles. The van der Waals surface area contributed by atoms with E-state index in [4.69, 9.17) is 19.4 Å². The third-order valence-electron chi connectivity index (χ3n) is 5.92. The lowest BCUT2D eigenvalue weighted by atomic mass is 9.92. The number of amides is 1. The highest BCUT2D eigenvalue weighted by atomic mass is 32.2. The molecule has 1 N–H and O–H groups in total. The number of sulfonamides is 1. The molecule has 4 fully saturated rings. The molecule has 4 rings (SSSR count). The fourth-order valence-electron chi connectivity index (χ4n) is 3.96. The number of nitrogens with zero attached hydrogens (tertiary/aromatic N) is 3. The van der Waals surface area contributed by atoms with Crippen molar-refractivity contribution in [1.29, 1.82) is 0 Å². The summed E-state index contributed by atoms with van der Waals surface area (Å²) < 4.78 is 67.9. The van der Waals surface area contributed by atoms with Crippen LogP contribution >= 0.6 is 0 Å². The van der Waals surface area contributed by atoms with Crippen molar-refractivity contribution in [2.24, 2.45) is 5.92 Å². The molecule has 1 spiro atoms. The van der Waals surface area contributed by atoms with Crippen molar-refractivity contribution >= 4 is 21.9 Å². The van der Waals surface area contributed by atoms with Crippen LogP contribution < -0.4 is 0 Å². The lowest BCUT2D eigenvalue weighted by Gasteiger charge is -2.55. The van der Waals surface area contributed by atoms with Crippen LogP contribution in [0.4, 0.5) is 13.2 Å². The Balaban J connectivity index is 0.000000360. The van der Waals surface area contributed by atoms with Crippen LogP contribution in [0.1, 0.15) is 12.8 Å². The predicted molar refractivity (Wildman–Crippen MR) is 104 cm³/mol. The van der Waals surface area contributed by atoms with Gasteiger partial charge in [0.05, 0.1) is 26.1 Å². The third kappa shape index (κ3) is 6.31. The maximum absolute atomic E-state index is 12.9. The van der Waals surface area contributed by atoms with Crippen LogP contribution in [-0.2, 0) is 29.1 Å². The lowest BCUT2D eigenvalue weighted by Crippen LogP contribution is -2.73. The number of halogens is 3. The molecule has 1 amide bonds. The fourth-order valence-corrected chi connectivity index (χ4v) is 4.89. The number of carboxylic acids is 1. The van der Waals surface area contributed by atoms with E-state index < -0.39 is 27.8 Å². The quantitative estimate of drug-likeness (QED) is 0.570. The number of aliphatic carboxylic acids is 1. The van der Waals surface area contributed by atoms with Crippen LogP contribution in [0.15, 0.2) is 0 Å². The first kappa shape index (κ1) is 25.1. The topological polar surface area (TPSA) is 117 Å². The van der Waals surface area contributed by atoms with Crippen LogP contribution in [0.2, 0.25) is 0 Å². The van der Waals surface area contributed by atoms with E-state index in [1.807, 2.05) is 4.90 Å². The molecule has 4 aliphatic rings. The third-order valence-corrected chi connectivity index (χ3v) is 7.11. The number of hydrogen-bond donors (Lipinski definition) is 1. The van der Waals surface area contributed by atoms with Crippen molar-refractivity contribution in [2.45, 2.75) is 30.7 Å². The van der Waals surface area contributed by atoms with Crippen molar-refractivity contribution < 1.29 is 45.8 Å². The Kier molecular flexibility index (Phi) is 7.39. The monoisotopic (exact) mass is 487 g/mol. The van der Waals surface area contributed by atoms with Crippen molar-refractivity contribution in [3.8, 4) is 0 Å². The van der Waals surface area contributed by atoms with Crippen LogP contribution in [-0.4, -0.2) is 123 Å². The molecule has 0 aromatic carbocycles. The first-order valence-corrected chi connectivity index (χ1v) is 12.2. The van der Waals surface area contributed by atoms with E-state index >= 15 is 0 Å². The molecule has 0 radical (unpaired) electrons. The summed E-state index contributed by atoms with van der Waals surface area (Å²) in [4.78, 5) is 26.0. The summed E-state index contributed by atoms with van der Waals surface area (Å²) in [6.07, 6.45) is -1.41. The van der Waals surface area contributed by atoms with E-state index in [0.29, 0.717) is 58.5 Å². The molecule has 1 aliphatic carbocycles. The maximum Gasteiger partial charge on any atom is 0.490 e. The molecular formula is C18H28F3N3O7S. The number of alkyl halides is 3. The van der Waals surface area contributed by atoms with E-state index in [0.717, 1.165) is 6.54 Å². The molecule has 14 heteroatoms. The molecule has 1 saturated carbocycles. The Morgan fingerprint density at radius 1 is 1.12 bits per heavy atom. The molecule has 3 aliphatic heterocycles. The number of hydrogen-bond acceptors (Lipinski definition) is 7. The van der Waals surface area contributed by atoms with Gasteiger partial charge in [0.15, 0.2) is 0 Å². The average molecular weight is 487 g/mol. The molecule has 32 heavy (non-hydrogen) atoms. The van der Waals surface area contributed by atoms with Gasteiger partial charge in [0.2, 0.25) is 15.9 Å². The fraction of sp³-hybridized carbons (Fsp3) is 0.889. The summed E-state index contributed by atoms with van der Waals surface area (Å²) in [5.41, 5.74) is -0.445. The van der Waals surface area contributed by atoms with Crippen LogP contribution in [0, 0.1) is 5.92 Å². The predicted octanol–water partition coefficient (Wildman–Crippen LogP) is -0.397. The summed E-state index contributed by atoms with van der Waals surface area (Å²) in [5.74, 6) is -1.97. The number of carbonyl (C=O) groups is 2. The molecule has 0 aromatic rings. The van der Waals surface area contributed by atoms with Gasteiger partial charge in [-0.05, 0) is 18.8 Å². The van der Waals surface area contributed by atoms with Crippen molar-refractivity contribution in [2.75, 3.05) is 65.3 Å². The van der Waals surface area contributed by atoms with Gasteiger partial charge in [-0.1, -0.05) is 0 Å². The molecule has 10 nitrogen and oxygen atoms in total. The highest BCUT2D eigenvalue weighted by Gasteiger charge is 2.54. The van der Waals surface area contributed by atoms with Crippen LogP contribution in [0.25, 0.3) is 0 Å². The van der Waals surface area contributed by atoms with Gasteiger partial charge in [-0.2, -0.15) is 17.5 Å². The standard InChI is InChI=1S/C16H27N3O5S.C2HF3O2/c1-25(21,22)19-11-16(12-19)10-18(8-13-2-3-13)14(9-24-16)15(20)17-4-6-23-7-5-17;3-2(4,5)1(6)7/h13-14H,2-12H2,1H3;(H,6,7). The second-order valence-electron chi connectivity index (χ2n) is 8.65. The van der Waals surface area contributed by atoms with Gasteiger partial charge < -0.3 is 19.5 Å². The van der Waals surface area contributed by atoms with Gasteiger partial charge in [0.25, 0.3) is 0 Å². The molecule has 0 bridgehead atoms. The van der Waals surface area contributed by atoms with Crippen LogP contribution in [0.5, 0.6) is 0 Å². The summed E-state index contributed by atoms with van der Waals surface area (Å²) in [6, 6.07) is -0.253. The number of rotatable bonds is 4. The van der Waals surface area contributed by atoms with Crippen molar-refractivity contribution in [3.05, 3.63) is 0 Å². The minimum atomic E-state index is -5.08. The summed E-state index contributed by atoms with van der Waals surface area (Å²) in [6.45, 7) is 5.14. The van der Waals surface area contributed by atoms with Gasteiger partial charge >= 0.3 is 12.1 Å². The first-order valence-electron chi connectivity index (χ1n) is 10.3. The summed E-state index contributed by atoms with van der Waals surface area (Å²) in [7, 11) is -3.17. The number of carbonyl (C=O) groups excluding carboxylic acids is 1. The van der Waals surface area contributed by atoms with Crippen molar-refractivity contribution in [1.82, 2.24) is 14.1 Å². The normalized spacial score (nSPS) is 26.8. The Bertz CT molecular complexity index is 807. The van der Waals surface area contributed by atoms with E-state index in [1.54, 1.807) is 0 Å². The highest BCUT2D eigenvalue weighted by molar-refractivity contribution is 7.88. The van der Waals surface area contributed by atoms with E-state index in [2.05, 4.69) is 4.90 Å². The SMILES string of the molecule is CS(=O)(=O)N1CC2(CN(CC3CC3)C(C(=O)N3CCOCC3)CO2)C1.O=C(O)C(F)(F)F. The minimum absolute atomic E-state index is 0.123. The molecular weight excluding hydrogens is 459 g/mol. The van der Waals surface area contributed by atoms with Gasteiger partial charge in [0.1, 0.15) is 11.6 Å². The number of ether oxygens (including phenoxy) is 2. The zero-order valence-corrected chi connectivity index (χ0v) is 18.5. The zero-order valence-electron chi connectivity index (χ0n) is 17.7.